The van der Waals surface area contributed by atoms with E-state index in [1.54, 1.807) is 12.1 Å². The molecule has 0 spiro atoms. The first-order valence-corrected chi connectivity index (χ1v) is 12.8. The van der Waals surface area contributed by atoms with Gasteiger partial charge in [-0.05, 0) is 35.1 Å². The Morgan fingerprint density at radius 2 is 1.60 bits per heavy atom. The van der Waals surface area contributed by atoms with Gasteiger partial charge in [-0.1, -0.05) is 57.2 Å². The van der Waals surface area contributed by atoms with Crippen LogP contribution in [0.2, 0.25) is 0 Å². The molecule has 3 rings (SSSR count). The number of esters is 2. The number of benzene rings is 2. The van der Waals surface area contributed by atoms with Crippen molar-refractivity contribution < 1.29 is 38.1 Å². The molecule has 1 aliphatic heterocycles. The highest BCUT2D eigenvalue weighted by molar-refractivity contribution is 6.04. The van der Waals surface area contributed by atoms with Crippen LogP contribution in [-0.2, 0) is 28.6 Å². The molecule has 0 saturated carbocycles. The Hall–Kier alpha value is -4.41. The zero-order valence-electron chi connectivity index (χ0n) is 23.1. The third kappa shape index (κ3) is 9.72. The molecule has 1 fully saturated rings. The van der Waals surface area contributed by atoms with Gasteiger partial charge < -0.3 is 24.3 Å². The minimum absolute atomic E-state index is 0.0571. The maximum atomic E-state index is 12.3. The summed E-state index contributed by atoms with van der Waals surface area (Å²) in [6, 6.07) is 14.2. The van der Waals surface area contributed by atoms with E-state index in [2.05, 4.69) is 20.1 Å². The maximum Gasteiger partial charge on any atom is 0.415 e. The van der Waals surface area contributed by atoms with Crippen molar-refractivity contribution >= 4 is 29.8 Å². The first-order valence-electron chi connectivity index (χ1n) is 12.8. The Labute approximate surface area is 233 Å². The lowest BCUT2D eigenvalue weighted by molar-refractivity contribution is -0.149. The number of hydrogen-bond donors (Lipinski definition) is 3. The SMILES string of the molecule is CC(=O)OCOC(=O)NC(=N)c1ccc(-c2ccc(OC[C@@H]3C[C@@H](CC(=O)OCC(C)(C)C)C(=O)N3)cc2)cc1. The number of ether oxygens (including phenoxy) is 4. The van der Waals surface area contributed by atoms with Gasteiger partial charge >= 0.3 is 18.0 Å². The van der Waals surface area contributed by atoms with Gasteiger partial charge in [0, 0.05) is 12.5 Å². The van der Waals surface area contributed by atoms with E-state index < -0.39 is 24.8 Å². The molecule has 2 aromatic carbocycles. The molecule has 0 bridgehead atoms. The van der Waals surface area contributed by atoms with Crippen molar-refractivity contribution in [1.29, 1.82) is 5.41 Å². The Balaban J connectivity index is 1.45. The molecule has 214 valence electrons. The third-order valence-corrected chi connectivity index (χ3v) is 5.86. The number of carbonyl (C=O) groups is 4. The highest BCUT2D eigenvalue weighted by atomic mass is 16.7. The highest BCUT2D eigenvalue weighted by Crippen LogP contribution is 2.25. The standard InChI is InChI=1S/C29H35N3O8/c1-18(33)39-17-40-28(36)32-26(30)21-7-5-19(6-8-21)20-9-11-24(12-10-20)37-15-23-13-22(27(35)31-23)14-25(34)38-16-29(2,3)4/h5-12,22-23H,13-17H2,1-4H3,(H,31,35)(H2,30,32,36)/t22-,23-/m0/s1. The summed E-state index contributed by atoms with van der Waals surface area (Å²) in [5, 5.41) is 13.2. The van der Waals surface area contributed by atoms with Gasteiger partial charge in [-0.25, -0.2) is 4.79 Å². The number of hydrogen-bond acceptors (Lipinski definition) is 9. The second-order valence-corrected chi connectivity index (χ2v) is 10.7. The van der Waals surface area contributed by atoms with Crippen LogP contribution in [0.25, 0.3) is 11.1 Å². The molecule has 1 heterocycles. The predicted octanol–water partition coefficient (Wildman–Crippen LogP) is 3.79. The summed E-state index contributed by atoms with van der Waals surface area (Å²) in [5.41, 5.74) is 2.15. The van der Waals surface area contributed by atoms with E-state index in [4.69, 9.17) is 14.9 Å². The third-order valence-electron chi connectivity index (χ3n) is 5.86. The first-order chi connectivity index (χ1) is 18.9. The molecule has 11 nitrogen and oxygen atoms in total. The Morgan fingerprint density at radius 3 is 2.20 bits per heavy atom. The fraction of sp³-hybridized carbons (Fsp3) is 0.414. The summed E-state index contributed by atoms with van der Waals surface area (Å²) in [6.07, 6.45) is -0.347. The summed E-state index contributed by atoms with van der Waals surface area (Å²) in [6.45, 7) is 7.18. The smallest absolute Gasteiger partial charge is 0.415 e. The highest BCUT2D eigenvalue weighted by Gasteiger charge is 2.34. The molecule has 1 aliphatic rings. The van der Waals surface area contributed by atoms with Crippen LogP contribution in [0.5, 0.6) is 5.75 Å². The van der Waals surface area contributed by atoms with E-state index in [0.29, 0.717) is 24.3 Å². The monoisotopic (exact) mass is 553 g/mol. The van der Waals surface area contributed by atoms with E-state index in [0.717, 1.165) is 11.1 Å². The van der Waals surface area contributed by atoms with E-state index >= 15 is 0 Å². The molecule has 2 amide bonds. The lowest BCUT2D eigenvalue weighted by atomic mass is 9.98. The second kappa shape index (κ2) is 13.6. The largest absolute Gasteiger partial charge is 0.491 e. The molecule has 11 heteroatoms. The van der Waals surface area contributed by atoms with Crippen LogP contribution in [0.3, 0.4) is 0 Å². The van der Waals surface area contributed by atoms with Gasteiger partial charge in [-0.2, -0.15) is 0 Å². The lowest BCUT2D eigenvalue weighted by Crippen LogP contribution is -2.31. The topological polar surface area (TPSA) is 153 Å². The van der Waals surface area contributed by atoms with Crippen LogP contribution in [-0.4, -0.2) is 55.8 Å². The fourth-order valence-corrected chi connectivity index (χ4v) is 3.82. The molecule has 2 aromatic rings. The van der Waals surface area contributed by atoms with Crippen molar-refractivity contribution in [2.75, 3.05) is 20.0 Å². The minimum atomic E-state index is -0.905. The number of amides is 2. The quantitative estimate of drug-likeness (QED) is 0.174. The van der Waals surface area contributed by atoms with Gasteiger partial charge in [0.15, 0.2) is 0 Å². The average molecular weight is 554 g/mol. The van der Waals surface area contributed by atoms with Crippen molar-refractivity contribution in [3.8, 4) is 16.9 Å². The normalized spacial score (nSPS) is 16.4. The Bertz CT molecular complexity index is 1220. The molecule has 0 aromatic heterocycles. The van der Waals surface area contributed by atoms with Gasteiger partial charge in [0.2, 0.25) is 12.7 Å². The molecular formula is C29H35N3O8. The molecular weight excluding hydrogens is 518 g/mol. The van der Waals surface area contributed by atoms with Crippen molar-refractivity contribution in [2.24, 2.45) is 11.3 Å². The Kier molecular flexibility index (Phi) is 10.2. The molecule has 2 atom stereocenters. The molecule has 3 N–H and O–H groups in total. The van der Waals surface area contributed by atoms with Crippen LogP contribution < -0.4 is 15.4 Å². The summed E-state index contributed by atoms with van der Waals surface area (Å²) < 4.78 is 20.3. The molecule has 1 saturated heterocycles. The fourth-order valence-electron chi connectivity index (χ4n) is 3.82. The lowest BCUT2D eigenvalue weighted by Gasteiger charge is -2.18. The van der Waals surface area contributed by atoms with E-state index in [9.17, 15) is 19.2 Å². The van der Waals surface area contributed by atoms with Crippen molar-refractivity contribution in [2.45, 2.75) is 46.6 Å². The molecule has 40 heavy (non-hydrogen) atoms. The second-order valence-electron chi connectivity index (χ2n) is 10.7. The number of alkyl carbamates (subject to hydrolysis) is 1. The van der Waals surface area contributed by atoms with E-state index in [1.165, 1.54) is 6.92 Å². The van der Waals surface area contributed by atoms with Crippen LogP contribution in [0.4, 0.5) is 4.79 Å². The number of nitrogens with one attached hydrogen (secondary N) is 3. The van der Waals surface area contributed by atoms with Crippen LogP contribution >= 0.6 is 0 Å². The summed E-state index contributed by atoms with van der Waals surface area (Å²) >= 11 is 0. The summed E-state index contributed by atoms with van der Waals surface area (Å²) in [7, 11) is 0. The number of rotatable bonds is 10. The van der Waals surface area contributed by atoms with Gasteiger partial charge in [0.25, 0.3) is 0 Å². The van der Waals surface area contributed by atoms with Crippen LogP contribution in [0.1, 0.15) is 46.1 Å². The average Bonchev–Trinajstić information content (AvgIpc) is 3.24. The Morgan fingerprint density at radius 1 is 0.975 bits per heavy atom. The zero-order chi connectivity index (χ0) is 29.3. The van der Waals surface area contributed by atoms with Crippen LogP contribution in [0, 0.1) is 16.7 Å². The summed E-state index contributed by atoms with van der Waals surface area (Å²) in [5.74, 6) is -1.06. The molecule has 0 unspecified atom stereocenters. The molecule has 0 aliphatic carbocycles. The van der Waals surface area contributed by atoms with Gasteiger partial charge in [0.1, 0.15) is 18.2 Å². The predicted molar refractivity (Wildman–Crippen MR) is 146 cm³/mol. The summed E-state index contributed by atoms with van der Waals surface area (Å²) in [4.78, 5) is 46.8. The first kappa shape index (κ1) is 30.1. The minimum Gasteiger partial charge on any atom is -0.491 e. The number of amidine groups is 1. The van der Waals surface area contributed by atoms with Gasteiger partial charge in [0.05, 0.1) is 25.0 Å². The van der Waals surface area contributed by atoms with Crippen molar-refractivity contribution in [3.05, 3.63) is 54.1 Å². The van der Waals surface area contributed by atoms with Crippen molar-refractivity contribution in [3.63, 3.8) is 0 Å². The maximum absolute atomic E-state index is 12.3. The molecule has 0 radical (unpaired) electrons. The van der Waals surface area contributed by atoms with Crippen LogP contribution in [0.15, 0.2) is 48.5 Å². The van der Waals surface area contributed by atoms with Crippen molar-refractivity contribution in [1.82, 2.24) is 10.6 Å². The zero-order valence-corrected chi connectivity index (χ0v) is 23.1. The number of carbonyl (C=O) groups excluding carboxylic acids is 4. The van der Waals surface area contributed by atoms with E-state index in [1.807, 2.05) is 57.2 Å². The van der Waals surface area contributed by atoms with Gasteiger partial charge in [-0.3, -0.25) is 25.1 Å². The van der Waals surface area contributed by atoms with Gasteiger partial charge in [-0.15, -0.1) is 0 Å². The van der Waals surface area contributed by atoms with E-state index in [-0.39, 0.29) is 42.2 Å².